The van der Waals surface area contributed by atoms with E-state index < -0.39 is 0 Å². The summed E-state index contributed by atoms with van der Waals surface area (Å²) in [5.41, 5.74) is 4.08. The number of benzene rings is 1. The third kappa shape index (κ3) is 4.35. The van der Waals surface area contributed by atoms with Crippen molar-refractivity contribution in [2.75, 3.05) is 13.1 Å². The van der Waals surface area contributed by atoms with Gasteiger partial charge in [-0.3, -0.25) is 14.4 Å². The molecular formula is C22H24N6O. The number of hydrogen-bond donors (Lipinski definition) is 1. The van der Waals surface area contributed by atoms with Crippen LogP contribution in [0.2, 0.25) is 0 Å². The average molecular weight is 388 g/mol. The first-order valence-electron chi connectivity index (χ1n) is 10.1. The highest BCUT2D eigenvalue weighted by Crippen LogP contribution is 2.39. The Balaban J connectivity index is 1.09. The lowest BCUT2D eigenvalue weighted by atomic mass is 10.1. The maximum absolute atomic E-state index is 12.4. The molecule has 0 atom stereocenters. The number of likely N-dealkylation sites (tertiary alicyclic amines) is 1. The van der Waals surface area contributed by atoms with Crippen LogP contribution < -0.4 is 5.32 Å². The maximum Gasteiger partial charge on any atom is 0.272 e. The van der Waals surface area contributed by atoms with Crippen molar-refractivity contribution in [3.63, 3.8) is 0 Å². The lowest BCUT2D eigenvalue weighted by Crippen LogP contribution is -2.58. The number of nitrogens with one attached hydrogen (secondary N) is 1. The molecule has 0 radical (unpaired) electrons. The molecule has 1 aliphatic heterocycles. The Kier molecular flexibility index (Phi) is 4.81. The summed E-state index contributed by atoms with van der Waals surface area (Å²) in [6.45, 7) is 3.40. The number of carbonyl (C=O) groups excluding carboxylic acids is 1. The number of hydrogen-bond acceptors (Lipinski definition) is 5. The summed E-state index contributed by atoms with van der Waals surface area (Å²) >= 11 is 0. The predicted octanol–water partition coefficient (Wildman–Crippen LogP) is 2.21. The van der Waals surface area contributed by atoms with Crippen molar-refractivity contribution in [3.8, 4) is 0 Å². The zero-order valence-corrected chi connectivity index (χ0v) is 16.2. The molecule has 0 bridgehead atoms. The van der Waals surface area contributed by atoms with Crippen molar-refractivity contribution in [3.05, 3.63) is 77.4 Å². The fourth-order valence-electron chi connectivity index (χ4n) is 3.77. The van der Waals surface area contributed by atoms with Crippen LogP contribution >= 0.6 is 0 Å². The van der Waals surface area contributed by atoms with Crippen LogP contribution in [0.3, 0.4) is 0 Å². The Labute approximate surface area is 169 Å². The largest absolute Gasteiger partial charge is 0.345 e. The van der Waals surface area contributed by atoms with Crippen LogP contribution in [0.5, 0.6) is 0 Å². The highest BCUT2D eigenvalue weighted by atomic mass is 16.2. The monoisotopic (exact) mass is 388 g/mol. The molecule has 2 fully saturated rings. The van der Waals surface area contributed by atoms with Crippen molar-refractivity contribution < 1.29 is 4.79 Å². The molecule has 1 amide bonds. The van der Waals surface area contributed by atoms with Gasteiger partial charge in [-0.1, -0.05) is 24.3 Å². The van der Waals surface area contributed by atoms with Gasteiger partial charge in [0, 0.05) is 32.0 Å². The molecule has 3 aromatic rings. The summed E-state index contributed by atoms with van der Waals surface area (Å²) in [7, 11) is 0. The van der Waals surface area contributed by atoms with E-state index in [9.17, 15) is 4.79 Å². The first-order valence-corrected chi connectivity index (χ1v) is 10.1. The van der Waals surface area contributed by atoms with Gasteiger partial charge in [0.25, 0.3) is 5.91 Å². The van der Waals surface area contributed by atoms with Crippen molar-refractivity contribution in [2.45, 2.75) is 37.9 Å². The Morgan fingerprint density at radius 2 is 1.86 bits per heavy atom. The lowest BCUT2D eigenvalue weighted by Gasteiger charge is -2.39. The summed E-state index contributed by atoms with van der Waals surface area (Å²) in [6, 6.07) is 12.6. The minimum atomic E-state index is -0.118. The van der Waals surface area contributed by atoms with Crippen LogP contribution in [-0.4, -0.2) is 49.9 Å². The molecule has 1 saturated carbocycles. The summed E-state index contributed by atoms with van der Waals surface area (Å²) < 4.78 is 1.92. The van der Waals surface area contributed by atoms with Gasteiger partial charge in [-0.15, -0.1) is 5.10 Å². The molecule has 7 nitrogen and oxygen atoms in total. The van der Waals surface area contributed by atoms with Crippen LogP contribution in [0, 0.1) is 0 Å². The molecule has 1 saturated heterocycles. The third-order valence-electron chi connectivity index (χ3n) is 5.58. The molecule has 7 heteroatoms. The Morgan fingerprint density at radius 3 is 2.55 bits per heavy atom. The van der Waals surface area contributed by atoms with E-state index in [1.165, 1.54) is 24.0 Å². The van der Waals surface area contributed by atoms with E-state index in [-0.39, 0.29) is 11.9 Å². The average Bonchev–Trinajstić information content (AvgIpc) is 3.45. The quantitative estimate of drug-likeness (QED) is 0.672. The van der Waals surface area contributed by atoms with Crippen LogP contribution in [-0.2, 0) is 13.1 Å². The second kappa shape index (κ2) is 7.75. The lowest BCUT2D eigenvalue weighted by molar-refractivity contribution is 0.0789. The van der Waals surface area contributed by atoms with Gasteiger partial charge in [0.05, 0.1) is 18.8 Å². The second-order valence-electron chi connectivity index (χ2n) is 8.03. The van der Waals surface area contributed by atoms with E-state index in [2.05, 4.69) is 49.8 Å². The molecular weight excluding hydrogens is 364 g/mol. The van der Waals surface area contributed by atoms with Gasteiger partial charge in [0.1, 0.15) is 0 Å². The van der Waals surface area contributed by atoms with Crippen molar-refractivity contribution in [2.24, 2.45) is 0 Å². The minimum absolute atomic E-state index is 0.118. The predicted molar refractivity (Wildman–Crippen MR) is 108 cm³/mol. The summed E-state index contributed by atoms with van der Waals surface area (Å²) in [6.07, 6.45) is 7.92. The number of amides is 1. The Hall–Kier alpha value is -3.06. The standard InChI is InChI=1S/C22H24N6O/c29-22(21-10-19(11-23-26-21)18-6-7-18)25-20-14-27(15-20)12-16-2-4-17(5-3-16)13-28-9-1-8-24-28/h1-5,8-11,18,20H,6-7,12-15H2,(H,25,29). The highest BCUT2D eigenvalue weighted by molar-refractivity contribution is 5.92. The smallest absolute Gasteiger partial charge is 0.272 e. The third-order valence-corrected chi connectivity index (χ3v) is 5.58. The van der Waals surface area contributed by atoms with Gasteiger partial charge in [-0.25, -0.2) is 0 Å². The fraction of sp³-hybridized carbons (Fsp3) is 0.364. The SMILES string of the molecule is O=C(NC1CN(Cc2ccc(Cn3cccn3)cc2)C1)c1cc(C2CC2)cnn1. The summed E-state index contributed by atoms with van der Waals surface area (Å²) in [5, 5.41) is 15.3. The molecule has 1 aromatic carbocycles. The van der Waals surface area contributed by atoms with Crippen LogP contribution in [0.25, 0.3) is 0 Å². The zero-order chi connectivity index (χ0) is 19.6. The molecule has 2 aromatic heterocycles. The summed E-state index contributed by atoms with van der Waals surface area (Å²) in [4.78, 5) is 14.8. The van der Waals surface area contributed by atoms with Crippen molar-refractivity contribution in [1.82, 2.24) is 30.2 Å². The molecule has 1 aliphatic carbocycles. The van der Waals surface area contributed by atoms with E-state index in [0.717, 1.165) is 31.7 Å². The first kappa shape index (κ1) is 18.0. The maximum atomic E-state index is 12.4. The molecule has 5 rings (SSSR count). The Morgan fingerprint density at radius 1 is 1.10 bits per heavy atom. The minimum Gasteiger partial charge on any atom is -0.345 e. The van der Waals surface area contributed by atoms with E-state index in [1.807, 2.05) is 23.0 Å². The van der Waals surface area contributed by atoms with Gasteiger partial charge in [-0.2, -0.15) is 10.2 Å². The fourth-order valence-corrected chi connectivity index (χ4v) is 3.77. The molecule has 1 N–H and O–H groups in total. The molecule has 0 unspecified atom stereocenters. The zero-order valence-electron chi connectivity index (χ0n) is 16.2. The van der Waals surface area contributed by atoms with Gasteiger partial charge in [-0.05, 0) is 47.6 Å². The topological polar surface area (TPSA) is 75.9 Å². The first-order chi connectivity index (χ1) is 14.2. The molecule has 29 heavy (non-hydrogen) atoms. The second-order valence-corrected chi connectivity index (χ2v) is 8.03. The number of rotatable bonds is 7. The van der Waals surface area contributed by atoms with Crippen LogP contribution in [0.1, 0.15) is 45.9 Å². The van der Waals surface area contributed by atoms with Crippen LogP contribution in [0.4, 0.5) is 0 Å². The number of aromatic nitrogens is 4. The van der Waals surface area contributed by atoms with Crippen molar-refractivity contribution in [1.29, 1.82) is 0 Å². The van der Waals surface area contributed by atoms with E-state index in [1.54, 1.807) is 12.4 Å². The molecule has 3 heterocycles. The molecule has 148 valence electrons. The van der Waals surface area contributed by atoms with Crippen molar-refractivity contribution >= 4 is 5.91 Å². The normalized spacial score (nSPS) is 17.1. The number of nitrogens with zero attached hydrogens (tertiary/aromatic N) is 5. The van der Waals surface area contributed by atoms with Gasteiger partial charge in [0.2, 0.25) is 0 Å². The summed E-state index contributed by atoms with van der Waals surface area (Å²) in [5.74, 6) is 0.454. The van der Waals surface area contributed by atoms with E-state index in [0.29, 0.717) is 11.6 Å². The molecule has 2 aliphatic rings. The van der Waals surface area contributed by atoms with Gasteiger partial charge < -0.3 is 5.32 Å². The van der Waals surface area contributed by atoms with Gasteiger partial charge >= 0.3 is 0 Å². The van der Waals surface area contributed by atoms with Crippen LogP contribution in [0.15, 0.2) is 55.0 Å². The molecule has 0 spiro atoms. The Bertz CT molecular complexity index is 975. The van der Waals surface area contributed by atoms with Gasteiger partial charge in [0.15, 0.2) is 5.69 Å². The van der Waals surface area contributed by atoms with E-state index >= 15 is 0 Å². The highest BCUT2D eigenvalue weighted by Gasteiger charge is 2.29. The number of carbonyl (C=O) groups is 1. The van der Waals surface area contributed by atoms with E-state index in [4.69, 9.17) is 0 Å².